The zero-order chi connectivity index (χ0) is 12.1. The molecular weight excluding hydrogens is 210 g/mol. The van der Waals surface area contributed by atoms with Gasteiger partial charge in [0.15, 0.2) is 0 Å². The van der Waals surface area contributed by atoms with Gasteiger partial charge in [-0.05, 0) is 37.8 Å². The average Bonchev–Trinajstić information content (AvgIpc) is 2.83. The summed E-state index contributed by atoms with van der Waals surface area (Å²) < 4.78 is 0. The van der Waals surface area contributed by atoms with Crippen molar-refractivity contribution in [1.82, 2.24) is 5.32 Å². The number of aryl methyl sites for hydroxylation is 1. The highest BCUT2D eigenvalue weighted by molar-refractivity contribution is 5.23. The van der Waals surface area contributed by atoms with Gasteiger partial charge in [-0.3, -0.25) is 0 Å². The summed E-state index contributed by atoms with van der Waals surface area (Å²) in [5, 5.41) is 13.4. The van der Waals surface area contributed by atoms with Crippen LogP contribution in [0.3, 0.4) is 0 Å². The quantitative estimate of drug-likeness (QED) is 0.819. The van der Waals surface area contributed by atoms with Gasteiger partial charge in [0.05, 0.1) is 6.10 Å². The zero-order valence-corrected chi connectivity index (χ0v) is 10.7. The van der Waals surface area contributed by atoms with Crippen LogP contribution in [0, 0.1) is 12.8 Å². The third-order valence-corrected chi connectivity index (χ3v) is 3.71. The van der Waals surface area contributed by atoms with Gasteiger partial charge in [-0.25, -0.2) is 0 Å². The molecule has 1 unspecified atom stereocenters. The van der Waals surface area contributed by atoms with Crippen molar-refractivity contribution in [3.63, 3.8) is 0 Å². The van der Waals surface area contributed by atoms with E-state index in [0.29, 0.717) is 6.54 Å². The van der Waals surface area contributed by atoms with Gasteiger partial charge >= 0.3 is 0 Å². The summed E-state index contributed by atoms with van der Waals surface area (Å²) in [6.45, 7) is 3.79. The largest absolute Gasteiger partial charge is 0.387 e. The second kappa shape index (κ2) is 6.18. The van der Waals surface area contributed by atoms with E-state index in [2.05, 4.69) is 24.4 Å². The van der Waals surface area contributed by atoms with E-state index in [4.69, 9.17) is 0 Å². The highest BCUT2D eigenvalue weighted by Crippen LogP contribution is 2.23. The van der Waals surface area contributed by atoms with E-state index >= 15 is 0 Å². The Bertz CT molecular complexity index is 327. The first-order chi connectivity index (χ1) is 8.25. The van der Waals surface area contributed by atoms with E-state index in [1.54, 1.807) is 0 Å². The Morgan fingerprint density at radius 2 is 1.88 bits per heavy atom. The summed E-state index contributed by atoms with van der Waals surface area (Å²) in [6.07, 6.45) is 5.10. The molecule has 1 aliphatic rings. The maximum absolute atomic E-state index is 10.0. The molecular formula is C15H23NO. The first-order valence-corrected chi connectivity index (χ1v) is 6.71. The van der Waals surface area contributed by atoms with Gasteiger partial charge in [0.1, 0.15) is 0 Å². The van der Waals surface area contributed by atoms with Gasteiger partial charge < -0.3 is 10.4 Å². The molecule has 1 aromatic carbocycles. The van der Waals surface area contributed by atoms with Crippen LogP contribution in [0.1, 0.15) is 42.9 Å². The molecule has 2 rings (SSSR count). The van der Waals surface area contributed by atoms with Crippen LogP contribution in [0.15, 0.2) is 24.3 Å². The van der Waals surface area contributed by atoms with Gasteiger partial charge in [-0.1, -0.05) is 42.7 Å². The van der Waals surface area contributed by atoms with E-state index in [9.17, 15) is 5.11 Å². The standard InChI is InChI=1S/C15H23NO/c1-12-6-8-14(9-7-12)15(17)11-16-10-13-4-2-3-5-13/h6-9,13,15-17H,2-5,10-11H2,1H3. The van der Waals surface area contributed by atoms with Crippen molar-refractivity contribution in [3.05, 3.63) is 35.4 Å². The van der Waals surface area contributed by atoms with Crippen molar-refractivity contribution < 1.29 is 5.11 Å². The molecule has 1 saturated carbocycles. The van der Waals surface area contributed by atoms with Crippen molar-refractivity contribution in [2.75, 3.05) is 13.1 Å². The summed E-state index contributed by atoms with van der Waals surface area (Å²) in [7, 11) is 0. The van der Waals surface area contributed by atoms with E-state index in [1.165, 1.54) is 31.2 Å². The molecule has 0 aromatic heterocycles. The average molecular weight is 233 g/mol. The maximum Gasteiger partial charge on any atom is 0.0914 e. The maximum atomic E-state index is 10.0. The summed E-state index contributed by atoms with van der Waals surface area (Å²) in [5.41, 5.74) is 2.24. The minimum absolute atomic E-state index is 0.378. The molecule has 0 bridgehead atoms. The molecule has 1 atom stereocenters. The molecule has 2 heteroatoms. The topological polar surface area (TPSA) is 32.3 Å². The minimum Gasteiger partial charge on any atom is -0.387 e. The Hall–Kier alpha value is -0.860. The third kappa shape index (κ3) is 3.83. The van der Waals surface area contributed by atoms with Crippen LogP contribution in [-0.4, -0.2) is 18.2 Å². The molecule has 2 nitrogen and oxygen atoms in total. The van der Waals surface area contributed by atoms with E-state index in [0.717, 1.165) is 18.0 Å². The predicted octanol–water partition coefficient (Wildman–Crippen LogP) is 2.81. The molecule has 1 aromatic rings. The van der Waals surface area contributed by atoms with E-state index < -0.39 is 0 Å². The lowest BCUT2D eigenvalue weighted by atomic mass is 10.1. The summed E-state index contributed by atoms with van der Waals surface area (Å²) >= 11 is 0. The lowest BCUT2D eigenvalue weighted by Crippen LogP contribution is -2.26. The van der Waals surface area contributed by atoms with Gasteiger partial charge in [-0.15, -0.1) is 0 Å². The lowest BCUT2D eigenvalue weighted by Gasteiger charge is -2.15. The van der Waals surface area contributed by atoms with Crippen LogP contribution < -0.4 is 5.32 Å². The highest BCUT2D eigenvalue weighted by Gasteiger charge is 2.15. The van der Waals surface area contributed by atoms with Crippen molar-refractivity contribution in [1.29, 1.82) is 0 Å². The molecule has 0 aliphatic heterocycles. The molecule has 2 N–H and O–H groups in total. The lowest BCUT2D eigenvalue weighted by molar-refractivity contribution is 0.173. The number of aliphatic hydroxyl groups excluding tert-OH is 1. The normalized spacial score (nSPS) is 18.5. The molecule has 0 spiro atoms. The van der Waals surface area contributed by atoms with Crippen LogP contribution in [0.4, 0.5) is 0 Å². The van der Waals surface area contributed by atoms with Crippen LogP contribution in [0.5, 0.6) is 0 Å². The number of hydrogen-bond acceptors (Lipinski definition) is 2. The molecule has 17 heavy (non-hydrogen) atoms. The molecule has 0 radical (unpaired) electrons. The zero-order valence-electron chi connectivity index (χ0n) is 10.7. The van der Waals surface area contributed by atoms with Crippen LogP contribution in [-0.2, 0) is 0 Å². The van der Waals surface area contributed by atoms with Crippen molar-refractivity contribution in [3.8, 4) is 0 Å². The Balaban J connectivity index is 1.72. The van der Waals surface area contributed by atoms with E-state index in [1.807, 2.05) is 12.1 Å². The first kappa shape index (κ1) is 12.6. The van der Waals surface area contributed by atoms with Crippen LogP contribution >= 0.6 is 0 Å². The second-order valence-electron chi connectivity index (χ2n) is 5.24. The summed E-state index contributed by atoms with van der Waals surface area (Å²) in [6, 6.07) is 8.12. The molecule has 0 heterocycles. The highest BCUT2D eigenvalue weighted by atomic mass is 16.3. The van der Waals surface area contributed by atoms with Crippen molar-refractivity contribution in [2.24, 2.45) is 5.92 Å². The van der Waals surface area contributed by atoms with Gasteiger partial charge in [0.2, 0.25) is 0 Å². The molecule has 0 saturated heterocycles. The fourth-order valence-corrected chi connectivity index (χ4v) is 2.55. The van der Waals surface area contributed by atoms with Gasteiger partial charge in [0.25, 0.3) is 0 Å². The fraction of sp³-hybridized carbons (Fsp3) is 0.600. The Morgan fingerprint density at radius 3 is 2.53 bits per heavy atom. The number of aliphatic hydroxyl groups is 1. The Morgan fingerprint density at radius 1 is 1.24 bits per heavy atom. The first-order valence-electron chi connectivity index (χ1n) is 6.71. The molecule has 0 amide bonds. The number of rotatable bonds is 5. The number of benzene rings is 1. The minimum atomic E-state index is -0.378. The van der Waals surface area contributed by atoms with Crippen LogP contribution in [0.25, 0.3) is 0 Å². The van der Waals surface area contributed by atoms with Crippen LogP contribution in [0.2, 0.25) is 0 Å². The van der Waals surface area contributed by atoms with Crippen molar-refractivity contribution >= 4 is 0 Å². The number of hydrogen-bond donors (Lipinski definition) is 2. The second-order valence-corrected chi connectivity index (χ2v) is 5.24. The Kier molecular flexibility index (Phi) is 4.57. The van der Waals surface area contributed by atoms with Gasteiger partial charge in [-0.2, -0.15) is 0 Å². The summed E-state index contributed by atoms with van der Waals surface area (Å²) in [5.74, 6) is 0.834. The molecule has 1 aliphatic carbocycles. The fourth-order valence-electron chi connectivity index (χ4n) is 2.55. The smallest absolute Gasteiger partial charge is 0.0914 e. The monoisotopic (exact) mass is 233 g/mol. The van der Waals surface area contributed by atoms with Crippen molar-refractivity contribution in [2.45, 2.75) is 38.7 Å². The number of nitrogens with one attached hydrogen (secondary N) is 1. The summed E-state index contributed by atoms with van der Waals surface area (Å²) in [4.78, 5) is 0. The Labute approximate surface area is 104 Å². The third-order valence-electron chi connectivity index (χ3n) is 3.71. The predicted molar refractivity (Wildman–Crippen MR) is 71.0 cm³/mol. The molecule has 94 valence electrons. The molecule has 1 fully saturated rings. The SMILES string of the molecule is Cc1ccc(C(O)CNCC2CCCC2)cc1. The van der Waals surface area contributed by atoms with Gasteiger partial charge in [0, 0.05) is 6.54 Å². The van der Waals surface area contributed by atoms with E-state index in [-0.39, 0.29) is 6.10 Å².